The molecule has 222 valence electrons. The summed E-state index contributed by atoms with van der Waals surface area (Å²) in [5.41, 5.74) is -0.289. The van der Waals surface area contributed by atoms with Crippen LogP contribution < -0.4 is 10.1 Å². The van der Waals surface area contributed by atoms with Gasteiger partial charge < -0.3 is 24.7 Å². The molecule has 2 fully saturated rings. The highest BCUT2D eigenvalue weighted by Gasteiger charge is 2.59. The number of benzene rings is 1. The van der Waals surface area contributed by atoms with Gasteiger partial charge in [0.1, 0.15) is 5.75 Å². The van der Waals surface area contributed by atoms with Crippen LogP contribution in [0.15, 0.2) is 30.3 Å². The fraction of sp³-hybridized carbons (Fsp3) is 0.600. The average Bonchev–Trinajstić information content (AvgIpc) is 3.37. The Balaban J connectivity index is 1.39. The zero-order chi connectivity index (χ0) is 29.4. The molecular formula is C30H40N4O6S. The summed E-state index contributed by atoms with van der Waals surface area (Å²) in [4.78, 5) is 47.6. The van der Waals surface area contributed by atoms with Crippen molar-refractivity contribution in [3.63, 3.8) is 0 Å². The van der Waals surface area contributed by atoms with E-state index in [0.29, 0.717) is 56.3 Å². The number of rotatable bonds is 7. The number of aromatic nitrogens is 1. The topological polar surface area (TPSA) is 132 Å². The molecule has 2 aliphatic carbocycles. The summed E-state index contributed by atoms with van der Waals surface area (Å²) in [5.74, 6) is -0.0143. The van der Waals surface area contributed by atoms with Gasteiger partial charge in [0.15, 0.2) is 11.7 Å². The maximum Gasteiger partial charge on any atom is 0.264 e. The van der Waals surface area contributed by atoms with E-state index in [1.54, 1.807) is 24.0 Å². The molecular weight excluding hydrogens is 544 g/mol. The first-order chi connectivity index (χ1) is 19.5. The van der Waals surface area contributed by atoms with E-state index in [-0.39, 0.29) is 54.6 Å². The minimum absolute atomic E-state index is 0.0118. The third kappa shape index (κ3) is 5.72. The van der Waals surface area contributed by atoms with Gasteiger partial charge >= 0.3 is 0 Å². The number of hydrogen-bond acceptors (Lipinski definition) is 8. The van der Waals surface area contributed by atoms with Gasteiger partial charge in [-0.25, -0.2) is 4.98 Å². The molecule has 5 unspecified atom stereocenters. The van der Waals surface area contributed by atoms with E-state index in [2.05, 4.69) is 12.2 Å². The van der Waals surface area contributed by atoms with Gasteiger partial charge in [0.05, 0.1) is 18.4 Å². The van der Waals surface area contributed by atoms with E-state index in [4.69, 9.17) is 9.72 Å². The van der Waals surface area contributed by atoms with Crippen LogP contribution in [0.3, 0.4) is 0 Å². The minimum Gasteiger partial charge on any atom is -0.484 e. The number of fused-ring (bicyclic) bond motifs is 2. The van der Waals surface area contributed by atoms with E-state index in [1.807, 2.05) is 30.0 Å². The number of para-hydroxylation sites is 1. The van der Waals surface area contributed by atoms with Crippen LogP contribution in [0.25, 0.3) is 0 Å². The molecule has 10 nitrogen and oxygen atoms in total. The van der Waals surface area contributed by atoms with Crippen molar-refractivity contribution < 1.29 is 29.3 Å². The summed E-state index contributed by atoms with van der Waals surface area (Å²) in [6, 6.07) is 9.12. The molecule has 5 rings (SSSR count). The Morgan fingerprint density at radius 2 is 1.80 bits per heavy atom. The lowest BCUT2D eigenvalue weighted by Gasteiger charge is -2.58. The Labute approximate surface area is 244 Å². The number of carbonyl (C=O) groups is 3. The molecule has 41 heavy (non-hydrogen) atoms. The highest BCUT2D eigenvalue weighted by atomic mass is 32.1. The van der Waals surface area contributed by atoms with Gasteiger partial charge in [0, 0.05) is 55.7 Å². The van der Waals surface area contributed by atoms with Crippen molar-refractivity contribution in [1.29, 1.82) is 0 Å². The summed E-state index contributed by atoms with van der Waals surface area (Å²) < 4.78 is 5.59. The second kappa shape index (κ2) is 11.7. The largest absolute Gasteiger partial charge is 0.484 e. The summed E-state index contributed by atoms with van der Waals surface area (Å²) >= 11 is 1.39. The first-order valence-electron chi connectivity index (χ1n) is 14.3. The number of thiazole rings is 1. The lowest BCUT2D eigenvalue weighted by Crippen LogP contribution is -2.58. The molecule has 2 heterocycles. The second-order valence-corrected chi connectivity index (χ2v) is 13.2. The van der Waals surface area contributed by atoms with Crippen molar-refractivity contribution >= 4 is 34.2 Å². The highest BCUT2D eigenvalue weighted by molar-refractivity contribution is 7.15. The van der Waals surface area contributed by atoms with Gasteiger partial charge in [0.2, 0.25) is 11.8 Å². The number of aliphatic hydroxyl groups is 2. The van der Waals surface area contributed by atoms with E-state index in [0.717, 1.165) is 10.6 Å². The number of anilines is 1. The normalized spacial score (nSPS) is 29.3. The average molecular weight is 585 g/mol. The summed E-state index contributed by atoms with van der Waals surface area (Å²) in [6.07, 6.45) is 1.44. The number of nitrogens with one attached hydrogen (secondary N) is 1. The van der Waals surface area contributed by atoms with Crippen LogP contribution in [-0.4, -0.2) is 88.2 Å². The Bertz CT molecular complexity index is 1280. The van der Waals surface area contributed by atoms with E-state index < -0.39 is 11.5 Å². The summed E-state index contributed by atoms with van der Waals surface area (Å²) in [7, 11) is 0. The zero-order valence-corrected chi connectivity index (χ0v) is 24.8. The van der Waals surface area contributed by atoms with Crippen LogP contribution >= 0.6 is 11.3 Å². The molecule has 11 heteroatoms. The van der Waals surface area contributed by atoms with Crippen molar-refractivity contribution in [3.8, 4) is 5.75 Å². The lowest BCUT2D eigenvalue weighted by atomic mass is 9.47. The van der Waals surface area contributed by atoms with Gasteiger partial charge in [-0.3, -0.25) is 19.7 Å². The number of aliphatic hydroxyl groups excluding tert-OH is 2. The van der Waals surface area contributed by atoms with Crippen LogP contribution in [0.2, 0.25) is 0 Å². The fourth-order valence-corrected chi connectivity index (χ4v) is 8.18. The molecule has 3 aliphatic rings. The Morgan fingerprint density at radius 1 is 1.12 bits per heavy atom. The molecule has 3 N–H and O–H groups in total. The first kappa shape index (κ1) is 29.5. The van der Waals surface area contributed by atoms with Crippen LogP contribution in [0.5, 0.6) is 5.75 Å². The van der Waals surface area contributed by atoms with Crippen molar-refractivity contribution in [1.82, 2.24) is 14.8 Å². The van der Waals surface area contributed by atoms with Gasteiger partial charge in [-0.05, 0) is 42.7 Å². The Morgan fingerprint density at radius 3 is 2.46 bits per heavy atom. The number of carbonyl (C=O) groups excluding carboxylic acids is 3. The number of piperazine rings is 1. The maximum absolute atomic E-state index is 13.7. The monoisotopic (exact) mass is 584 g/mol. The fourth-order valence-electron chi connectivity index (χ4n) is 7.09. The van der Waals surface area contributed by atoms with Crippen molar-refractivity contribution in [2.45, 2.75) is 58.5 Å². The van der Waals surface area contributed by atoms with Crippen molar-refractivity contribution in [2.75, 3.05) is 44.7 Å². The number of amides is 3. The standard InChI is InChI=1S/C30H40N4O6S/c1-19(36)33-11-13-34(14-12-33)26(39)15-21-27-22(16-23-29(21,2)10-9-24(37)30(23,3)18-35)41-28(32-27)31-25(38)17-40-20-7-5-4-6-8-20/h4-8,21,23-24,35,37H,9-18H2,1-3H3,(H,31,32,38). The molecule has 1 saturated carbocycles. The SMILES string of the molecule is CC(=O)N1CCN(C(=O)CC2c3nc(NC(=O)COc4ccccc4)sc3CC3C(C)(CO)C(O)CCC23C)CC1. The van der Waals surface area contributed by atoms with Gasteiger partial charge in [-0.1, -0.05) is 32.0 Å². The number of nitrogens with zero attached hydrogens (tertiary/aromatic N) is 3. The molecule has 0 radical (unpaired) electrons. The van der Waals surface area contributed by atoms with Crippen LogP contribution in [0.1, 0.15) is 56.5 Å². The smallest absolute Gasteiger partial charge is 0.264 e. The van der Waals surface area contributed by atoms with E-state index in [9.17, 15) is 24.6 Å². The van der Waals surface area contributed by atoms with Crippen molar-refractivity contribution in [3.05, 3.63) is 40.9 Å². The van der Waals surface area contributed by atoms with Crippen LogP contribution in [-0.2, 0) is 20.8 Å². The van der Waals surface area contributed by atoms with Gasteiger partial charge in [-0.2, -0.15) is 0 Å². The molecule has 5 atom stereocenters. The highest BCUT2D eigenvalue weighted by Crippen LogP contribution is 2.63. The summed E-state index contributed by atoms with van der Waals surface area (Å²) in [6.45, 7) is 7.36. The molecule has 0 spiro atoms. The van der Waals surface area contributed by atoms with Crippen molar-refractivity contribution in [2.24, 2.45) is 16.7 Å². The number of ether oxygens (including phenoxy) is 1. The Kier molecular flexibility index (Phi) is 8.41. The molecule has 0 bridgehead atoms. The minimum atomic E-state index is -0.726. The second-order valence-electron chi connectivity index (χ2n) is 12.1. The van der Waals surface area contributed by atoms with E-state index >= 15 is 0 Å². The van der Waals surface area contributed by atoms with Crippen LogP contribution in [0, 0.1) is 16.7 Å². The molecule has 1 aromatic carbocycles. The van der Waals surface area contributed by atoms with Gasteiger partial charge in [-0.15, -0.1) is 11.3 Å². The molecule has 3 amide bonds. The van der Waals surface area contributed by atoms with Gasteiger partial charge in [0.25, 0.3) is 5.91 Å². The van der Waals surface area contributed by atoms with E-state index in [1.165, 1.54) is 11.3 Å². The first-order valence-corrected chi connectivity index (χ1v) is 15.2. The molecule has 1 aromatic heterocycles. The zero-order valence-electron chi connectivity index (χ0n) is 24.0. The molecule has 1 aliphatic heterocycles. The number of hydrogen-bond donors (Lipinski definition) is 3. The molecule has 2 aromatic rings. The van der Waals surface area contributed by atoms with Crippen LogP contribution in [0.4, 0.5) is 5.13 Å². The predicted molar refractivity (Wildman–Crippen MR) is 155 cm³/mol. The predicted octanol–water partition coefficient (Wildman–Crippen LogP) is 2.66. The third-order valence-corrected chi connectivity index (χ3v) is 10.7. The lowest BCUT2D eigenvalue weighted by molar-refractivity contribution is -0.149. The summed E-state index contributed by atoms with van der Waals surface area (Å²) in [5, 5.41) is 24.8. The molecule has 1 saturated heterocycles. The maximum atomic E-state index is 13.7. The Hall–Kier alpha value is -3.02. The quantitative estimate of drug-likeness (QED) is 0.456. The third-order valence-electron chi connectivity index (χ3n) is 9.71.